The molecule has 2 aromatic rings. The molecular weight excluding hydrogens is 272 g/mol. The molecule has 0 radical (unpaired) electrons. The first-order chi connectivity index (χ1) is 10.0. The van der Waals surface area contributed by atoms with E-state index in [1.54, 1.807) is 0 Å². The fourth-order valence-corrected chi connectivity index (χ4v) is 1.83. The number of aromatic nitrogens is 2. The molecule has 8 heteroatoms. The van der Waals surface area contributed by atoms with Gasteiger partial charge in [0.1, 0.15) is 6.20 Å². The monoisotopic (exact) mass is 288 g/mol. The summed E-state index contributed by atoms with van der Waals surface area (Å²) in [7, 11) is 0. The van der Waals surface area contributed by atoms with Crippen LogP contribution in [0.5, 0.6) is 0 Å². The highest BCUT2D eigenvalue weighted by atomic mass is 16.6. The molecule has 1 heterocycles. The lowest BCUT2D eigenvalue weighted by Crippen LogP contribution is -2.14. The normalized spacial score (nSPS) is 11.8. The van der Waals surface area contributed by atoms with E-state index in [4.69, 9.17) is 5.84 Å². The van der Waals surface area contributed by atoms with Crippen molar-refractivity contribution in [1.82, 2.24) is 9.97 Å². The minimum absolute atomic E-state index is 0.110. The first-order valence-corrected chi connectivity index (χ1v) is 6.32. The molecular formula is C13H16N6O2. The van der Waals surface area contributed by atoms with Crippen molar-refractivity contribution in [2.45, 2.75) is 19.9 Å². The van der Waals surface area contributed by atoms with Crippen LogP contribution in [0.3, 0.4) is 0 Å². The molecule has 0 aliphatic carbocycles. The molecule has 0 amide bonds. The maximum absolute atomic E-state index is 11.0. The summed E-state index contributed by atoms with van der Waals surface area (Å²) in [4.78, 5) is 18.2. The summed E-state index contributed by atoms with van der Waals surface area (Å²) in [6.45, 7) is 3.89. The Balaban J connectivity index is 2.28. The summed E-state index contributed by atoms with van der Waals surface area (Å²) in [5.74, 6) is 5.46. The second-order valence-electron chi connectivity index (χ2n) is 4.61. The Morgan fingerprint density at radius 3 is 2.57 bits per heavy atom. The lowest BCUT2D eigenvalue weighted by molar-refractivity contribution is -0.384. The maximum atomic E-state index is 11.0. The first-order valence-electron chi connectivity index (χ1n) is 6.32. The van der Waals surface area contributed by atoms with Crippen molar-refractivity contribution in [3.63, 3.8) is 0 Å². The Kier molecular flexibility index (Phi) is 4.29. The predicted octanol–water partition coefficient (Wildman–Crippen LogP) is 2.15. The zero-order valence-corrected chi connectivity index (χ0v) is 11.7. The number of hydrazine groups is 1. The smallest absolute Gasteiger partial charge is 0.329 e. The number of aryl methyl sites for hydroxylation is 1. The van der Waals surface area contributed by atoms with Crippen LogP contribution in [0, 0.1) is 17.0 Å². The number of benzene rings is 1. The molecule has 0 aliphatic heterocycles. The molecule has 110 valence electrons. The Hall–Kier alpha value is -2.74. The lowest BCUT2D eigenvalue weighted by Gasteiger charge is -2.15. The number of nitrogens with two attached hydrogens (primary N) is 1. The summed E-state index contributed by atoms with van der Waals surface area (Å²) >= 11 is 0. The first kappa shape index (κ1) is 14.7. The van der Waals surface area contributed by atoms with E-state index in [1.807, 2.05) is 38.1 Å². The second-order valence-corrected chi connectivity index (χ2v) is 4.61. The van der Waals surface area contributed by atoms with Gasteiger partial charge < -0.3 is 5.32 Å². The number of nitro groups is 1. The van der Waals surface area contributed by atoms with Crippen LogP contribution in [0.4, 0.5) is 17.5 Å². The zero-order valence-electron chi connectivity index (χ0n) is 11.7. The molecule has 0 fully saturated rings. The van der Waals surface area contributed by atoms with E-state index in [2.05, 4.69) is 20.7 Å². The molecule has 2 rings (SSSR count). The Morgan fingerprint density at radius 2 is 2.00 bits per heavy atom. The van der Waals surface area contributed by atoms with Gasteiger partial charge in [-0.1, -0.05) is 29.8 Å². The van der Waals surface area contributed by atoms with E-state index in [0.717, 1.165) is 17.3 Å². The third kappa shape index (κ3) is 3.42. The number of nitrogen functional groups attached to an aromatic ring is 1. The predicted molar refractivity (Wildman–Crippen MR) is 79.7 cm³/mol. The molecule has 1 aromatic heterocycles. The summed E-state index contributed by atoms with van der Waals surface area (Å²) in [6.07, 6.45) is 1.12. The van der Waals surface area contributed by atoms with Crippen LogP contribution in [0.25, 0.3) is 0 Å². The minimum atomic E-state index is -0.537. The SMILES string of the molecule is Cc1ccc(C(C)Nc2nc(NN)ncc2[N+](=O)[O-])cc1. The van der Waals surface area contributed by atoms with Gasteiger partial charge in [0.05, 0.1) is 11.0 Å². The van der Waals surface area contributed by atoms with Crippen molar-refractivity contribution in [3.05, 3.63) is 51.7 Å². The van der Waals surface area contributed by atoms with Crippen molar-refractivity contribution in [2.24, 2.45) is 5.84 Å². The van der Waals surface area contributed by atoms with Gasteiger partial charge in [-0.15, -0.1) is 0 Å². The molecule has 21 heavy (non-hydrogen) atoms. The highest BCUT2D eigenvalue weighted by Crippen LogP contribution is 2.26. The van der Waals surface area contributed by atoms with Crippen molar-refractivity contribution in [3.8, 4) is 0 Å². The number of rotatable bonds is 5. The van der Waals surface area contributed by atoms with Crippen LogP contribution in [0.2, 0.25) is 0 Å². The van der Waals surface area contributed by atoms with Gasteiger partial charge in [0.25, 0.3) is 0 Å². The molecule has 0 aliphatic rings. The number of anilines is 2. The van der Waals surface area contributed by atoms with Gasteiger partial charge >= 0.3 is 5.69 Å². The molecule has 0 bridgehead atoms. The zero-order chi connectivity index (χ0) is 15.4. The molecule has 1 atom stereocenters. The third-order valence-electron chi connectivity index (χ3n) is 3.03. The van der Waals surface area contributed by atoms with E-state index in [1.165, 1.54) is 0 Å². The second kappa shape index (κ2) is 6.14. The maximum Gasteiger partial charge on any atom is 0.329 e. The minimum Gasteiger partial charge on any atom is -0.358 e. The topological polar surface area (TPSA) is 119 Å². The van der Waals surface area contributed by atoms with Crippen LogP contribution >= 0.6 is 0 Å². The Bertz CT molecular complexity index is 644. The largest absolute Gasteiger partial charge is 0.358 e. The summed E-state index contributed by atoms with van der Waals surface area (Å²) in [5, 5.41) is 14.0. The van der Waals surface area contributed by atoms with Crippen molar-refractivity contribution >= 4 is 17.5 Å². The van der Waals surface area contributed by atoms with Crippen molar-refractivity contribution in [1.29, 1.82) is 0 Å². The van der Waals surface area contributed by atoms with E-state index in [-0.39, 0.29) is 23.5 Å². The van der Waals surface area contributed by atoms with Crippen molar-refractivity contribution < 1.29 is 4.92 Å². The standard InChI is InChI=1S/C13H16N6O2/c1-8-3-5-10(6-4-8)9(2)16-12-11(19(20)21)7-15-13(17-12)18-14/h3-7,9H,14H2,1-2H3,(H2,15,16,17,18). The van der Waals surface area contributed by atoms with Crippen LogP contribution < -0.4 is 16.6 Å². The van der Waals surface area contributed by atoms with Crippen LogP contribution in [0.15, 0.2) is 30.5 Å². The van der Waals surface area contributed by atoms with Gasteiger partial charge in [-0.05, 0) is 19.4 Å². The molecule has 8 nitrogen and oxygen atoms in total. The number of hydrogen-bond acceptors (Lipinski definition) is 7. The summed E-state index contributed by atoms with van der Waals surface area (Å²) in [6, 6.07) is 7.73. The van der Waals surface area contributed by atoms with E-state index < -0.39 is 4.92 Å². The third-order valence-corrected chi connectivity index (χ3v) is 3.03. The van der Waals surface area contributed by atoms with Gasteiger partial charge in [-0.25, -0.2) is 10.8 Å². The van der Waals surface area contributed by atoms with Crippen LogP contribution in [0.1, 0.15) is 24.1 Å². The van der Waals surface area contributed by atoms with E-state index >= 15 is 0 Å². The van der Waals surface area contributed by atoms with E-state index in [0.29, 0.717) is 0 Å². The van der Waals surface area contributed by atoms with Gasteiger partial charge in [0.2, 0.25) is 11.8 Å². The highest BCUT2D eigenvalue weighted by molar-refractivity contribution is 5.57. The molecule has 4 N–H and O–H groups in total. The molecule has 0 spiro atoms. The van der Waals surface area contributed by atoms with Gasteiger partial charge in [0.15, 0.2) is 0 Å². The molecule has 1 aromatic carbocycles. The van der Waals surface area contributed by atoms with Gasteiger partial charge in [-0.2, -0.15) is 4.98 Å². The Labute approximate surface area is 121 Å². The molecule has 0 saturated heterocycles. The fraction of sp³-hybridized carbons (Fsp3) is 0.231. The number of nitrogens with zero attached hydrogens (tertiary/aromatic N) is 3. The fourth-order valence-electron chi connectivity index (χ4n) is 1.83. The summed E-state index contributed by atoms with van der Waals surface area (Å²) in [5.41, 5.74) is 4.21. The van der Waals surface area contributed by atoms with Crippen LogP contribution in [-0.4, -0.2) is 14.9 Å². The average Bonchev–Trinajstić information content (AvgIpc) is 2.47. The van der Waals surface area contributed by atoms with Crippen molar-refractivity contribution in [2.75, 3.05) is 10.7 Å². The number of hydrogen-bond donors (Lipinski definition) is 3. The summed E-state index contributed by atoms with van der Waals surface area (Å²) < 4.78 is 0. The van der Waals surface area contributed by atoms with E-state index in [9.17, 15) is 10.1 Å². The number of nitrogens with one attached hydrogen (secondary N) is 2. The average molecular weight is 288 g/mol. The molecule has 0 saturated carbocycles. The highest BCUT2D eigenvalue weighted by Gasteiger charge is 2.19. The Morgan fingerprint density at radius 1 is 1.33 bits per heavy atom. The lowest BCUT2D eigenvalue weighted by atomic mass is 10.1. The van der Waals surface area contributed by atoms with Gasteiger partial charge in [0, 0.05) is 0 Å². The van der Waals surface area contributed by atoms with Crippen LogP contribution in [-0.2, 0) is 0 Å². The van der Waals surface area contributed by atoms with Gasteiger partial charge in [-0.3, -0.25) is 15.5 Å². The quantitative estimate of drug-likeness (QED) is 0.438. The molecule has 1 unspecified atom stereocenters.